The predicted molar refractivity (Wildman–Crippen MR) is 185 cm³/mol. The molecule has 3 amide bonds. The Labute approximate surface area is 292 Å². The number of carbonyl (C=O) groups is 3. The Kier molecular flexibility index (Phi) is 11.3. The van der Waals surface area contributed by atoms with Gasteiger partial charge in [0.2, 0.25) is 11.8 Å². The van der Waals surface area contributed by atoms with E-state index in [2.05, 4.69) is 15.5 Å². The van der Waals surface area contributed by atoms with E-state index in [0.29, 0.717) is 25.5 Å². The smallest absolute Gasteiger partial charge is 0.410 e. The average molecular weight is 696 g/mol. The number of aliphatic hydroxyl groups is 1. The Morgan fingerprint density at radius 3 is 2.43 bits per heavy atom. The van der Waals surface area contributed by atoms with E-state index in [1.165, 1.54) is 4.90 Å². The monoisotopic (exact) mass is 695 g/mol. The number of piperidine rings is 1. The summed E-state index contributed by atoms with van der Waals surface area (Å²) in [5.41, 5.74) is 4.27. The molecule has 266 valence electrons. The maximum Gasteiger partial charge on any atom is 0.410 e. The number of thiazole rings is 1. The number of rotatable bonds is 10. The molecule has 4 atom stereocenters. The normalized spacial score (nSPS) is 19.9. The zero-order valence-corrected chi connectivity index (χ0v) is 30.3. The van der Waals surface area contributed by atoms with E-state index in [1.54, 1.807) is 22.3 Å². The largest absolute Gasteiger partial charge is 0.475 e. The summed E-state index contributed by atoms with van der Waals surface area (Å²) in [5, 5.41) is 17.7. The van der Waals surface area contributed by atoms with Gasteiger partial charge in [-0.15, -0.1) is 11.3 Å². The number of likely N-dealkylation sites (tertiary alicyclic amines) is 2. The van der Waals surface area contributed by atoms with Crippen molar-refractivity contribution in [1.82, 2.24) is 25.3 Å². The fourth-order valence-electron chi connectivity index (χ4n) is 6.41. The van der Waals surface area contributed by atoms with E-state index in [4.69, 9.17) is 14.0 Å². The van der Waals surface area contributed by atoms with Crippen molar-refractivity contribution in [1.29, 1.82) is 0 Å². The van der Waals surface area contributed by atoms with Gasteiger partial charge in [0.1, 0.15) is 17.6 Å². The molecule has 1 unspecified atom stereocenters. The van der Waals surface area contributed by atoms with Gasteiger partial charge in [-0.3, -0.25) is 9.59 Å². The minimum atomic E-state index is -0.824. The number of nitrogens with one attached hydrogen (secondary N) is 1. The Bertz CT molecular complexity index is 1590. The van der Waals surface area contributed by atoms with Crippen LogP contribution in [-0.4, -0.2) is 86.9 Å². The molecular formula is C36H49N5O7S. The molecule has 1 aromatic carbocycles. The molecule has 2 aliphatic heterocycles. The minimum absolute atomic E-state index is 0.0525. The highest BCUT2D eigenvalue weighted by Gasteiger charge is 2.43. The number of aliphatic hydroxyl groups excluding tert-OH is 1. The molecule has 13 heteroatoms. The number of aryl methyl sites for hydroxylation is 1. The van der Waals surface area contributed by atoms with Gasteiger partial charge < -0.3 is 34.2 Å². The van der Waals surface area contributed by atoms with Gasteiger partial charge in [-0.05, 0) is 75.6 Å². The fourth-order valence-corrected chi connectivity index (χ4v) is 7.23. The summed E-state index contributed by atoms with van der Waals surface area (Å²) < 4.78 is 17.1. The zero-order chi connectivity index (χ0) is 35.5. The van der Waals surface area contributed by atoms with Crippen molar-refractivity contribution < 1.29 is 33.5 Å². The third-order valence-corrected chi connectivity index (χ3v) is 10.1. The van der Waals surface area contributed by atoms with Crippen molar-refractivity contribution in [3.8, 4) is 16.3 Å². The van der Waals surface area contributed by atoms with Crippen LogP contribution in [0.1, 0.15) is 89.8 Å². The first kappa shape index (κ1) is 36.3. The van der Waals surface area contributed by atoms with E-state index in [9.17, 15) is 19.5 Å². The number of aromatic nitrogens is 2. The van der Waals surface area contributed by atoms with Crippen molar-refractivity contribution in [2.45, 2.75) is 97.4 Å². The molecule has 2 fully saturated rings. The average Bonchev–Trinajstić information content (AvgIpc) is 3.79. The highest BCUT2D eigenvalue weighted by Crippen LogP contribution is 2.33. The van der Waals surface area contributed by atoms with Crippen molar-refractivity contribution >= 4 is 29.2 Å². The molecule has 0 bridgehead atoms. The molecule has 4 heterocycles. The van der Waals surface area contributed by atoms with Crippen molar-refractivity contribution in [2.75, 3.05) is 26.2 Å². The Morgan fingerprint density at radius 2 is 1.82 bits per heavy atom. The summed E-state index contributed by atoms with van der Waals surface area (Å²) in [6, 6.07) is 8.51. The Hall–Kier alpha value is -3.97. The highest BCUT2D eigenvalue weighted by molar-refractivity contribution is 7.13. The number of amides is 3. The van der Waals surface area contributed by atoms with Crippen LogP contribution in [0.15, 0.2) is 40.4 Å². The molecule has 12 nitrogen and oxygen atoms in total. The van der Waals surface area contributed by atoms with Gasteiger partial charge in [-0.1, -0.05) is 38.1 Å². The summed E-state index contributed by atoms with van der Waals surface area (Å²) >= 11 is 1.59. The van der Waals surface area contributed by atoms with Gasteiger partial charge in [-0.2, -0.15) is 0 Å². The minimum Gasteiger partial charge on any atom is -0.475 e. The third kappa shape index (κ3) is 8.99. The Morgan fingerprint density at radius 1 is 1.12 bits per heavy atom. The quantitative estimate of drug-likeness (QED) is 0.272. The van der Waals surface area contributed by atoms with Gasteiger partial charge in [0.25, 0.3) is 5.88 Å². The summed E-state index contributed by atoms with van der Waals surface area (Å²) in [7, 11) is 0. The lowest BCUT2D eigenvalue weighted by Crippen LogP contribution is -2.48. The maximum absolute atomic E-state index is 14.0. The zero-order valence-electron chi connectivity index (χ0n) is 29.5. The number of benzene rings is 1. The van der Waals surface area contributed by atoms with Crippen LogP contribution >= 0.6 is 11.3 Å². The van der Waals surface area contributed by atoms with Gasteiger partial charge in [0.15, 0.2) is 5.76 Å². The molecular weight excluding hydrogens is 646 g/mol. The molecule has 49 heavy (non-hydrogen) atoms. The lowest BCUT2D eigenvalue weighted by atomic mass is 9.91. The summed E-state index contributed by atoms with van der Waals surface area (Å²) in [6.07, 6.45) is 0.573. The second kappa shape index (κ2) is 15.3. The lowest BCUT2D eigenvalue weighted by molar-refractivity contribution is -0.141. The van der Waals surface area contributed by atoms with Crippen LogP contribution in [0.25, 0.3) is 10.4 Å². The van der Waals surface area contributed by atoms with E-state index < -0.39 is 23.7 Å². The summed E-state index contributed by atoms with van der Waals surface area (Å²) in [5.74, 6) is -0.657. The first-order valence-corrected chi connectivity index (χ1v) is 17.9. The van der Waals surface area contributed by atoms with Crippen LogP contribution < -0.4 is 10.1 Å². The summed E-state index contributed by atoms with van der Waals surface area (Å²) in [4.78, 5) is 48.6. The standard InChI is InChI=1S/C36H49N5O7S/c1-21(2)31(29-17-30(39-48-29)46-19-24-12-14-40(15-13-24)35(45)47-36(5,6)7)34(44)41-18-27(42)16-28(41)33(43)38-22(3)25-8-10-26(11-9-25)32-23(4)37-20-49-32/h8-11,17,20-22,24,27-28,31,42H,12-16,18-19H2,1-7H3,(H,38,43)/t22-,27+,28-,31?/m0/s1. The van der Waals surface area contributed by atoms with Gasteiger partial charge >= 0.3 is 6.09 Å². The number of nitrogens with zero attached hydrogens (tertiary/aromatic N) is 4. The maximum atomic E-state index is 14.0. The van der Waals surface area contributed by atoms with Gasteiger partial charge in [-0.25, -0.2) is 9.78 Å². The van der Waals surface area contributed by atoms with Crippen LogP contribution in [0.3, 0.4) is 0 Å². The molecule has 2 N–H and O–H groups in total. The first-order chi connectivity index (χ1) is 23.2. The van der Waals surface area contributed by atoms with Crippen molar-refractivity contribution in [2.24, 2.45) is 11.8 Å². The SMILES string of the molecule is Cc1ncsc1-c1ccc([C@H](C)NC(=O)[C@@H]2C[C@@H](O)CN2C(=O)C(c2cc(OCC3CCN(C(=O)OC(C)(C)C)CC3)no2)C(C)C)cc1. The van der Waals surface area contributed by atoms with E-state index in [0.717, 1.165) is 34.5 Å². The van der Waals surface area contributed by atoms with Crippen LogP contribution in [0.4, 0.5) is 4.79 Å². The molecule has 0 saturated carbocycles. The highest BCUT2D eigenvalue weighted by atomic mass is 32.1. The molecule has 2 saturated heterocycles. The van der Waals surface area contributed by atoms with Gasteiger partial charge in [0.05, 0.1) is 34.8 Å². The molecule has 0 aliphatic carbocycles. The number of hydrogen-bond acceptors (Lipinski definition) is 10. The second-order valence-corrected chi connectivity index (χ2v) is 15.4. The lowest BCUT2D eigenvalue weighted by Gasteiger charge is -2.33. The molecule has 0 spiro atoms. The number of hydrogen-bond donors (Lipinski definition) is 2. The number of β-amino-alcohol motifs (C(OH)–C–C–N with tert-alkyl or cyclic N) is 1. The van der Waals surface area contributed by atoms with Crippen molar-refractivity contribution in [3.05, 3.63) is 52.9 Å². The Balaban J connectivity index is 1.17. The topological polar surface area (TPSA) is 147 Å². The third-order valence-electron chi connectivity index (χ3n) is 9.12. The second-order valence-electron chi connectivity index (χ2n) is 14.5. The van der Waals surface area contributed by atoms with Crippen LogP contribution in [0, 0.1) is 18.8 Å². The van der Waals surface area contributed by atoms with E-state index in [1.807, 2.05) is 78.2 Å². The molecule has 2 aromatic heterocycles. The van der Waals surface area contributed by atoms with Crippen LogP contribution in [0.2, 0.25) is 0 Å². The molecule has 3 aromatic rings. The van der Waals surface area contributed by atoms with Crippen LogP contribution in [0.5, 0.6) is 5.88 Å². The van der Waals surface area contributed by atoms with E-state index in [-0.39, 0.29) is 54.6 Å². The number of ether oxygens (including phenoxy) is 2. The number of carbonyl (C=O) groups excluding carboxylic acids is 3. The summed E-state index contributed by atoms with van der Waals surface area (Å²) in [6.45, 7) is 14.9. The molecule has 0 radical (unpaired) electrons. The van der Waals surface area contributed by atoms with E-state index >= 15 is 0 Å². The van der Waals surface area contributed by atoms with Crippen molar-refractivity contribution in [3.63, 3.8) is 0 Å². The molecule has 2 aliphatic rings. The fraction of sp³-hybridized carbons (Fsp3) is 0.583. The molecule has 5 rings (SSSR count). The van der Waals surface area contributed by atoms with Crippen LogP contribution in [-0.2, 0) is 14.3 Å². The predicted octanol–water partition coefficient (Wildman–Crippen LogP) is 5.71. The first-order valence-electron chi connectivity index (χ1n) is 17.1. The van der Waals surface area contributed by atoms with Gasteiger partial charge in [0, 0.05) is 32.1 Å².